The van der Waals surface area contributed by atoms with Crippen molar-refractivity contribution in [1.82, 2.24) is 5.32 Å². The number of ether oxygens (including phenoxy) is 2. The van der Waals surface area contributed by atoms with Crippen molar-refractivity contribution in [3.05, 3.63) is 53.6 Å². The SMILES string of the molecule is CC.CC[C@H](CC#N)OC(=O)N[C@@H](C)c1cccc(NC(=O)Nc2ccc(C#N)c(OC)c2)c1. The Bertz CT molecular complexity index is 1040. The van der Waals surface area contributed by atoms with Gasteiger partial charge in [0.05, 0.1) is 31.2 Å². The third kappa shape index (κ3) is 8.71. The number of rotatable bonds is 8. The molecule has 0 aliphatic rings. The Labute approximate surface area is 200 Å². The van der Waals surface area contributed by atoms with Crippen LogP contribution in [0, 0.1) is 22.7 Å². The van der Waals surface area contributed by atoms with Gasteiger partial charge in [-0.1, -0.05) is 32.9 Å². The quantitative estimate of drug-likeness (QED) is 0.456. The summed E-state index contributed by atoms with van der Waals surface area (Å²) in [6, 6.07) is 14.9. The van der Waals surface area contributed by atoms with Gasteiger partial charge in [0.15, 0.2) is 0 Å². The van der Waals surface area contributed by atoms with Gasteiger partial charge in [-0.15, -0.1) is 0 Å². The minimum Gasteiger partial charge on any atom is -0.495 e. The van der Waals surface area contributed by atoms with Gasteiger partial charge in [-0.25, -0.2) is 9.59 Å². The van der Waals surface area contributed by atoms with Crippen LogP contribution in [0.4, 0.5) is 21.0 Å². The number of amides is 3. The molecular formula is C25H31N5O4. The zero-order valence-electron chi connectivity index (χ0n) is 20.1. The molecule has 0 aliphatic carbocycles. The Morgan fingerprint density at radius 3 is 2.32 bits per heavy atom. The van der Waals surface area contributed by atoms with Crippen molar-refractivity contribution in [1.29, 1.82) is 10.5 Å². The molecule has 9 nitrogen and oxygen atoms in total. The fourth-order valence-corrected chi connectivity index (χ4v) is 2.86. The van der Waals surface area contributed by atoms with Gasteiger partial charge in [0.1, 0.15) is 17.9 Å². The summed E-state index contributed by atoms with van der Waals surface area (Å²) in [7, 11) is 1.45. The lowest BCUT2D eigenvalue weighted by molar-refractivity contribution is 0.0950. The van der Waals surface area contributed by atoms with Crippen molar-refractivity contribution in [3.63, 3.8) is 0 Å². The summed E-state index contributed by atoms with van der Waals surface area (Å²) in [5.74, 6) is 0.360. The number of hydrogen-bond acceptors (Lipinski definition) is 6. The molecule has 2 aromatic rings. The number of carbonyl (C=O) groups is 2. The molecule has 0 fully saturated rings. The summed E-state index contributed by atoms with van der Waals surface area (Å²) in [6.07, 6.45) is -0.373. The minimum absolute atomic E-state index is 0.137. The summed E-state index contributed by atoms with van der Waals surface area (Å²) in [4.78, 5) is 24.4. The average Bonchev–Trinajstić information content (AvgIpc) is 2.84. The molecule has 0 aliphatic heterocycles. The van der Waals surface area contributed by atoms with E-state index in [9.17, 15) is 9.59 Å². The second-order valence-electron chi connectivity index (χ2n) is 6.90. The number of hydrogen-bond donors (Lipinski definition) is 3. The molecule has 0 heterocycles. The first kappa shape index (κ1) is 27.8. The van der Waals surface area contributed by atoms with Crippen LogP contribution >= 0.6 is 0 Å². The van der Waals surface area contributed by atoms with E-state index in [2.05, 4.69) is 16.0 Å². The number of anilines is 2. The first-order valence-corrected chi connectivity index (χ1v) is 11.0. The second-order valence-corrected chi connectivity index (χ2v) is 6.90. The van der Waals surface area contributed by atoms with Gasteiger partial charge in [0.2, 0.25) is 0 Å². The molecule has 0 spiro atoms. The maximum Gasteiger partial charge on any atom is 0.407 e. The van der Waals surface area contributed by atoms with Crippen molar-refractivity contribution in [2.75, 3.05) is 17.7 Å². The molecule has 34 heavy (non-hydrogen) atoms. The molecule has 180 valence electrons. The van der Waals surface area contributed by atoms with Crippen molar-refractivity contribution >= 4 is 23.5 Å². The summed E-state index contributed by atoms with van der Waals surface area (Å²) < 4.78 is 10.4. The van der Waals surface area contributed by atoms with Crippen LogP contribution in [-0.2, 0) is 4.74 Å². The highest BCUT2D eigenvalue weighted by Crippen LogP contribution is 2.23. The molecule has 0 saturated heterocycles. The van der Waals surface area contributed by atoms with Gasteiger partial charge >= 0.3 is 12.1 Å². The van der Waals surface area contributed by atoms with E-state index in [0.29, 0.717) is 29.1 Å². The smallest absolute Gasteiger partial charge is 0.407 e. The normalized spacial score (nSPS) is 11.3. The van der Waals surface area contributed by atoms with Crippen molar-refractivity contribution in [2.45, 2.75) is 52.7 Å². The third-order valence-electron chi connectivity index (χ3n) is 4.61. The van der Waals surface area contributed by atoms with Crippen molar-refractivity contribution in [3.8, 4) is 17.9 Å². The molecule has 3 amide bonds. The Morgan fingerprint density at radius 2 is 1.74 bits per heavy atom. The van der Waals surface area contributed by atoms with Gasteiger partial charge in [0.25, 0.3) is 0 Å². The summed E-state index contributed by atoms with van der Waals surface area (Å²) in [5.41, 5.74) is 2.12. The van der Waals surface area contributed by atoms with Crippen LogP contribution in [0.25, 0.3) is 0 Å². The standard InChI is InChI=1S/C23H25N5O4.C2H6/c1-4-20(10-11-24)32-23(30)26-15(2)16-6-5-7-18(12-16)27-22(29)28-19-9-8-17(14-25)21(13-19)31-3;1-2/h5-9,12-13,15,20H,4,10H2,1-3H3,(H,26,30)(H2,27,28,29);1-2H3/t15-,20+;/m0./s1. The van der Waals surface area contributed by atoms with E-state index in [4.69, 9.17) is 20.0 Å². The summed E-state index contributed by atoms with van der Waals surface area (Å²) >= 11 is 0. The fourth-order valence-electron chi connectivity index (χ4n) is 2.86. The zero-order valence-corrected chi connectivity index (χ0v) is 20.1. The van der Waals surface area contributed by atoms with Crippen LogP contribution < -0.4 is 20.7 Å². The number of benzene rings is 2. The lowest BCUT2D eigenvalue weighted by Gasteiger charge is -2.18. The third-order valence-corrected chi connectivity index (χ3v) is 4.61. The molecule has 2 atom stereocenters. The average molecular weight is 466 g/mol. The molecular weight excluding hydrogens is 434 g/mol. The predicted octanol–water partition coefficient (Wildman–Crippen LogP) is 5.72. The number of methoxy groups -OCH3 is 1. The van der Waals surface area contributed by atoms with Crippen LogP contribution in [0.1, 0.15) is 57.7 Å². The van der Waals surface area contributed by atoms with E-state index >= 15 is 0 Å². The topological polar surface area (TPSA) is 136 Å². The van der Waals surface area contributed by atoms with E-state index in [1.807, 2.05) is 39.0 Å². The van der Waals surface area contributed by atoms with Gasteiger partial charge in [-0.2, -0.15) is 10.5 Å². The highest BCUT2D eigenvalue weighted by molar-refractivity contribution is 6.00. The fraction of sp³-hybridized carbons (Fsp3) is 0.360. The second kappa shape index (κ2) is 14.8. The molecule has 0 saturated carbocycles. The van der Waals surface area contributed by atoms with Crippen molar-refractivity contribution in [2.24, 2.45) is 0 Å². The van der Waals surface area contributed by atoms with Gasteiger partial charge in [0, 0.05) is 17.4 Å². The number of urea groups is 1. The first-order valence-electron chi connectivity index (χ1n) is 11.0. The predicted molar refractivity (Wildman–Crippen MR) is 130 cm³/mol. The number of nitrogens with zero attached hydrogens (tertiary/aromatic N) is 2. The lowest BCUT2D eigenvalue weighted by Crippen LogP contribution is -2.31. The van der Waals surface area contributed by atoms with Crippen LogP contribution in [0.5, 0.6) is 5.75 Å². The maximum absolute atomic E-state index is 12.4. The molecule has 2 rings (SSSR count). The highest BCUT2D eigenvalue weighted by Gasteiger charge is 2.16. The van der Waals surface area contributed by atoms with Crippen molar-refractivity contribution < 1.29 is 19.1 Å². The Kier molecular flexibility index (Phi) is 12.1. The maximum atomic E-state index is 12.4. The number of carbonyl (C=O) groups excluding carboxylic acids is 2. The van der Waals surface area contributed by atoms with Gasteiger partial charge in [-0.3, -0.25) is 0 Å². The highest BCUT2D eigenvalue weighted by atomic mass is 16.6. The molecule has 2 aromatic carbocycles. The molecule has 9 heteroatoms. The minimum atomic E-state index is -0.606. The van der Waals surface area contributed by atoms with E-state index in [1.165, 1.54) is 7.11 Å². The van der Waals surface area contributed by atoms with E-state index in [-0.39, 0.29) is 12.5 Å². The Morgan fingerprint density at radius 1 is 1.06 bits per heavy atom. The van der Waals surface area contributed by atoms with Gasteiger partial charge in [-0.05, 0) is 43.2 Å². The summed E-state index contributed by atoms with van der Waals surface area (Å²) in [6.45, 7) is 7.63. The van der Waals surface area contributed by atoms with Crippen LogP contribution in [-0.4, -0.2) is 25.3 Å². The molecule has 0 radical (unpaired) electrons. The monoisotopic (exact) mass is 465 g/mol. The summed E-state index contributed by atoms with van der Waals surface area (Å²) in [5, 5.41) is 25.9. The Balaban J connectivity index is 0.00000281. The van der Waals surface area contributed by atoms with E-state index in [0.717, 1.165) is 5.56 Å². The van der Waals surface area contributed by atoms with Crippen LogP contribution in [0.15, 0.2) is 42.5 Å². The number of nitriles is 2. The van der Waals surface area contributed by atoms with E-state index in [1.54, 1.807) is 43.3 Å². The molecule has 0 aromatic heterocycles. The van der Waals surface area contributed by atoms with Gasteiger partial charge < -0.3 is 25.4 Å². The van der Waals surface area contributed by atoms with Crippen LogP contribution in [0.3, 0.4) is 0 Å². The largest absolute Gasteiger partial charge is 0.495 e. The lowest BCUT2D eigenvalue weighted by atomic mass is 10.1. The molecule has 0 unspecified atom stereocenters. The zero-order chi connectivity index (χ0) is 25.5. The molecule has 0 bridgehead atoms. The van der Waals surface area contributed by atoms with Crippen LogP contribution in [0.2, 0.25) is 0 Å². The molecule has 3 N–H and O–H groups in total. The Hall–Kier alpha value is -4.24. The number of nitrogens with one attached hydrogen (secondary N) is 3. The number of alkyl carbamates (subject to hydrolysis) is 1. The first-order chi connectivity index (χ1) is 16.4. The van der Waals surface area contributed by atoms with E-state index < -0.39 is 18.2 Å².